The zero-order valence-electron chi connectivity index (χ0n) is 17.0. The van der Waals surface area contributed by atoms with Crippen LogP contribution in [-0.2, 0) is 9.54 Å². The molecule has 0 aliphatic carbocycles. The zero-order chi connectivity index (χ0) is 22.9. The first-order valence-corrected chi connectivity index (χ1v) is 10.8. The Balaban J connectivity index is 1.51. The summed E-state index contributed by atoms with van der Waals surface area (Å²) in [5.41, 5.74) is 14.4. The number of thioether (sulfide) groups is 1. The van der Waals surface area contributed by atoms with E-state index in [1.807, 2.05) is 6.07 Å². The van der Waals surface area contributed by atoms with Gasteiger partial charge in [-0.2, -0.15) is 8.78 Å². The summed E-state index contributed by atoms with van der Waals surface area (Å²) in [5.74, 6) is -0.598. The molecule has 5 N–H and O–H groups in total. The Morgan fingerprint density at radius 1 is 1.16 bits per heavy atom. The van der Waals surface area contributed by atoms with Gasteiger partial charge in [-0.25, -0.2) is 4.79 Å². The van der Waals surface area contributed by atoms with Crippen molar-refractivity contribution in [3.63, 3.8) is 0 Å². The Kier molecular flexibility index (Phi) is 5.96. The minimum absolute atomic E-state index is 0.115. The van der Waals surface area contributed by atoms with E-state index in [2.05, 4.69) is 10.1 Å². The van der Waals surface area contributed by atoms with Gasteiger partial charge in [0.15, 0.2) is 0 Å². The molecular formula is C22H22F2N4O3S. The van der Waals surface area contributed by atoms with Crippen molar-refractivity contribution >= 4 is 35.1 Å². The molecule has 7 nitrogen and oxygen atoms in total. The van der Waals surface area contributed by atoms with Crippen molar-refractivity contribution in [3.8, 4) is 5.75 Å². The second-order valence-corrected chi connectivity index (χ2v) is 8.95. The lowest BCUT2D eigenvalue weighted by Crippen LogP contribution is -2.39. The molecule has 2 aromatic carbocycles. The maximum atomic E-state index is 12.8. The van der Waals surface area contributed by atoms with Gasteiger partial charge in [-0.15, -0.1) is 11.8 Å². The fourth-order valence-corrected chi connectivity index (χ4v) is 5.64. The van der Waals surface area contributed by atoms with Gasteiger partial charge >= 0.3 is 12.6 Å². The third-order valence-electron chi connectivity index (χ3n) is 5.60. The molecule has 1 atom stereocenters. The quantitative estimate of drug-likeness (QED) is 0.587. The average molecular weight is 461 g/mol. The van der Waals surface area contributed by atoms with E-state index < -0.39 is 23.3 Å². The lowest BCUT2D eigenvalue weighted by Gasteiger charge is -2.28. The van der Waals surface area contributed by atoms with Crippen molar-refractivity contribution in [2.24, 2.45) is 5.73 Å². The van der Waals surface area contributed by atoms with Crippen LogP contribution in [0.4, 0.5) is 25.0 Å². The van der Waals surface area contributed by atoms with Crippen molar-refractivity contribution in [1.82, 2.24) is 4.90 Å². The van der Waals surface area contributed by atoms with Crippen LogP contribution in [0.2, 0.25) is 0 Å². The molecule has 0 saturated heterocycles. The number of amides is 3. The number of alkyl halides is 2. The SMILES string of the molecule is NC(=O)C1(c2ccccc2N)CC2=C(CN(C(=O)Nc3ccccc3OC(F)F)CC2)S1. The van der Waals surface area contributed by atoms with Crippen LogP contribution in [0, 0.1) is 0 Å². The van der Waals surface area contributed by atoms with E-state index in [4.69, 9.17) is 11.5 Å². The third-order valence-corrected chi connectivity index (χ3v) is 7.18. The number of rotatable bonds is 5. The van der Waals surface area contributed by atoms with Gasteiger partial charge in [0.1, 0.15) is 10.5 Å². The number of hydrogen-bond acceptors (Lipinski definition) is 5. The highest BCUT2D eigenvalue weighted by molar-refractivity contribution is 8.05. The molecule has 0 bridgehead atoms. The van der Waals surface area contributed by atoms with Crippen LogP contribution < -0.4 is 21.5 Å². The van der Waals surface area contributed by atoms with Crippen molar-refractivity contribution in [2.45, 2.75) is 24.2 Å². The molecule has 0 spiro atoms. The maximum absolute atomic E-state index is 12.8. The molecule has 2 aliphatic rings. The van der Waals surface area contributed by atoms with Crippen molar-refractivity contribution < 1.29 is 23.1 Å². The molecule has 4 rings (SSSR count). The second kappa shape index (κ2) is 8.70. The summed E-state index contributed by atoms with van der Waals surface area (Å²) in [7, 11) is 0. The third kappa shape index (κ3) is 4.10. The van der Waals surface area contributed by atoms with E-state index in [0.717, 1.165) is 10.5 Å². The summed E-state index contributed by atoms with van der Waals surface area (Å²) < 4.78 is 28.8. The van der Waals surface area contributed by atoms with Gasteiger partial charge in [0.25, 0.3) is 0 Å². The predicted octanol–water partition coefficient (Wildman–Crippen LogP) is 3.88. The van der Waals surface area contributed by atoms with Gasteiger partial charge < -0.3 is 26.4 Å². The maximum Gasteiger partial charge on any atom is 0.387 e. The molecule has 0 radical (unpaired) electrons. The standard InChI is InChI=1S/C22H22F2N4O3S/c23-20(24)31-17-8-4-3-7-16(17)27-21(30)28-10-9-13-11-22(19(26)29,32-18(13)12-28)14-5-1-2-6-15(14)25/h1-8,20H,9-12,25H2,(H2,26,29)(H,27,30). The van der Waals surface area contributed by atoms with Crippen LogP contribution in [0.1, 0.15) is 18.4 Å². The van der Waals surface area contributed by atoms with E-state index in [1.54, 1.807) is 35.2 Å². The van der Waals surface area contributed by atoms with Gasteiger partial charge in [-0.05, 0) is 31.0 Å². The van der Waals surface area contributed by atoms with Crippen LogP contribution in [0.25, 0.3) is 0 Å². The first-order valence-electron chi connectivity index (χ1n) is 9.95. The van der Waals surface area contributed by atoms with E-state index in [1.165, 1.54) is 23.9 Å². The molecule has 0 fully saturated rings. The molecule has 2 aliphatic heterocycles. The number of anilines is 2. The van der Waals surface area contributed by atoms with Crippen molar-refractivity contribution in [1.29, 1.82) is 0 Å². The minimum atomic E-state index is -3.00. The second-order valence-electron chi connectivity index (χ2n) is 7.56. The number of benzene rings is 2. The smallest absolute Gasteiger partial charge is 0.387 e. The number of nitrogens with one attached hydrogen (secondary N) is 1. The molecule has 1 unspecified atom stereocenters. The topological polar surface area (TPSA) is 111 Å². The highest BCUT2D eigenvalue weighted by Gasteiger charge is 2.48. The monoisotopic (exact) mass is 460 g/mol. The number of halogens is 2. The average Bonchev–Trinajstić information content (AvgIpc) is 3.15. The van der Waals surface area contributed by atoms with Gasteiger partial charge in [-0.1, -0.05) is 35.9 Å². The molecule has 2 heterocycles. The number of para-hydroxylation sites is 3. The number of ether oxygens (including phenoxy) is 1. The van der Waals surface area contributed by atoms with Gasteiger partial charge in [-0.3, -0.25) is 4.79 Å². The number of carbonyl (C=O) groups is 2. The number of nitrogens with zero attached hydrogens (tertiary/aromatic N) is 1. The van der Waals surface area contributed by atoms with E-state index in [-0.39, 0.29) is 18.0 Å². The van der Waals surface area contributed by atoms with Crippen LogP contribution in [-0.4, -0.2) is 36.5 Å². The number of hydrogen-bond donors (Lipinski definition) is 3. The molecule has 0 saturated carbocycles. The Hall–Kier alpha value is -3.27. The van der Waals surface area contributed by atoms with E-state index >= 15 is 0 Å². The Labute approximate surface area is 187 Å². The number of nitrogen functional groups attached to an aromatic ring is 1. The minimum Gasteiger partial charge on any atom is -0.433 e. The van der Waals surface area contributed by atoms with Gasteiger partial charge in [0, 0.05) is 22.7 Å². The molecule has 10 heteroatoms. The largest absolute Gasteiger partial charge is 0.433 e. The summed E-state index contributed by atoms with van der Waals surface area (Å²) in [5, 5.41) is 2.63. The molecule has 2 aromatic rings. The normalized spacial score (nSPS) is 20.3. The molecule has 0 aromatic heterocycles. The first-order chi connectivity index (χ1) is 15.3. The van der Waals surface area contributed by atoms with Crippen LogP contribution in [0.5, 0.6) is 5.75 Å². The van der Waals surface area contributed by atoms with E-state index in [9.17, 15) is 18.4 Å². The summed E-state index contributed by atoms with van der Waals surface area (Å²) >= 11 is 1.34. The zero-order valence-corrected chi connectivity index (χ0v) is 17.8. The fraction of sp³-hybridized carbons (Fsp3) is 0.273. The number of nitrogens with two attached hydrogens (primary N) is 2. The molecule has 168 valence electrons. The van der Waals surface area contributed by atoms with Crippen LogP contribution in [0.3, 0.4) is 0 Å². The van der Waals surface area contributed by atoms with E-state index in [0.29, 0.717) is 30.6 Å². The summed E-state index contributed by atoms with van der Waals surface area (Å²) in [4.78, 5) is 27.9. The number of carbonyl (C=O) groups excluding carboxylic acids is 2. The molecule has 3 amide bonds. The Morgan fingerprint density at radius 3 is 2.59 bits per heavy atom. The molecule has 32 heavy (non-hydrogen) atoms. The Bertz CT molecular complexity index is 1090. The lowest BCUT2D eigenvalue weighted by molar-refractivity contribution is -0.120. The highest BCUT2D eigenvalue weighted by Crippen LogP contribution is 2.55. The Morgan fingerprint density at radius 2 is 1.88 bits per heavy atom. The highest BCUT2D eigenvalue weighted by atomic mass is 32.2. The predicted molar refractivity (Wildman–Crippen MR) is 119 cm³/mol. The number of primary amides is 1. The van der Waals surface area contributed by atoms with Crippen molar-refractivity contribution in [2.75, 3.05) is 24.1 Å². The summed E-state index contributed by atoms with van der Waals surface area (Å²) in [6, 6.07) is 12.7. The van der Waals surface area contributed by atoms with Crippen LogP contribution in [0.15, 0.2) is 59.0 Å². The van der Waals surface area contributed by atoms with Gasteiger partial charge in [0.2, 0.25) is 5.91 Å². The lowest BCUT2D eigenvalue weighted by atomic mass is 9.87. The van der Waals surface area contributed by atoms with Gasteiger partial charge in [0.05, 0.1) is 12.2 Å². The summed E-state index contributed by atoms with van der Waals surface area (Å²) in [6.45, 7) is -2.30. The number of urea groups is 1. The van der Waals surface area contributed by atoms with Crippen molar-refractivity contribution in [3.05, 3.63) is 64.6 Å². The fourth-order valence-electron chi connectivity index (χ4n) is 4.03. The first kappa shape index (κ1) is 21.9. The van der Waals surface area contributed by atoms with Crippen LogP contribution >= 0.6 is 11.8 Å². The summed E-state index contributed by atoms with van der Waals surface area (Å²) in [6.07, 6.45) is 1.02. The molecular weight excluding hydrogens is 438 g/mol.